The lowest BCUT2D eigenvalue weighted by Gasteiger charge is -2.19. The highest BCUT2D eigenvalue weighted by Gasteiger charge is 2.19. The first-order valence-electron chi connectivity index (χ1n) is 22.1. The molecule has 13 aromatic rings. The predicted molar refractivity (Wildman–Crippen MR) is 272 cm³/mol. The Morgan fingerprint density at radius 3 is 1.51 bits per heavy atom. The number of fused-ring (bicyclic) bond motifs is 8. The molecule has 302 valence electrons. The van der Waals surface area contributed by atoms with E-state index >= 15 is 0 Å². The maximum atomic E-state index is 6.28. The summed E-state index contributed by atoms with van der Waals surface area (Å²) in [6.07, 6.45) is 0. The first-order chi connectivity index (χ1) is 32.2. The van der Waals surface area contributed by atoms with E-state index < -0.39 is 0 Å². The second-order valence-electron chi connectivity index (χ2n) is 16.9. The summed E-state index contributed by atoms with van der Waals surface area (Å²) in [5.41, 5.74) is 13.7. The first-order valence-corrected chi connectivity index (χ1v) is 22.1. The lowest BCUT2D eigenvalue weighted by Crippen LogP contribution is -1.96. The Morgan fingerprint density at radius 1 is 0.262 bits per heavy atom. The van der Waals surface area contributed by atoms with Gasteiger partial charge in [-0.2, -0.15) is 0 Å². The van der Waals surface area contributed by atoms with Crippen molar-refractivity contribution in [1.82, 2.24) is 9.97 Å². The van der Waals surface area contributed by atoms with E-state index in [0.29, 0.717) is 5.82 Å². The van der Waals surface area contributed by atoms with E-state index in [4.69, 9.17) is 14.4 Å². The van der Waals surface area contributed by atoms with Crippen LogP contribution >= 0.6 is 0 Å². The fourth-order valence-corrected chi connectivity index (χ4v) is 9.92. The third-order valence-electron chi connectivity index (χ3n) is 13.1. The summed E-state index contributed by atoms with van der Waals surface area (Å²) in [4.78, 5) is 10.2. The van der Waals surface area contributed by atoms with Crippen molar-refractivity contribution in [2.45, 2.75) is 0 Å². The molecule has 11 aromatic carbocycles. The number of aromatic nitrogens is 2. The quantitative estimate of drug-likeness (QED) is 0.124. The van der Waals surface area contributed by atoms with Crippen molar-refractivity contribution in [3.8, 4) is 67.3 Å². The summed E-state index contributed by atoms with van der Waals surface area (Å²) in [6, 6.07) is 82.5. The molecule has 3 nitrogen and oxygen atoms in total. The Morgan fingerprint density at radius 2 is 0.754 bits per heavy atom. The summed E-state index contributed by atoms with van der Waals surface area (Å²) >= 11 is 0. The second-order valence-corrected chi connectivity index (χ2v) is 16.9. The van der Waals surface area contributed by atoms with Crippen LogP contribution in [0.1, 0.15) is 0 Å². The van der Waals surface area contributed by atoms with Crippen LogP contribution in [0.15, 0.2) is 235 Å². The van der Waals surface area contributed by atoms with Gasteiger partial charge in [0.1, 0.15) is 11.2 Å². The Balaban J connectivity index is 0.886. The number of hydrogen-bond donors (Lipinski definition) is 0. The van der Waals surface area contributed by atoms with E-state index in [1.165, 1.54) is 71.1 Å². The zero-order chi connectivity index (χ0) is 42.8. The van der Waals surface area contributed by atoms with E-state index in [1.54, 1.807) is 0 Å². The fraction of sp³-hybridized carbons (Fsp3) is 0. The Bertz CT molecular complexity index is 3980. The zero-order valence-corrected chi connectivity index (χ0v) is 35.2. The minimum absolute atomic E-state index is 0.683. The van der Waals surface area contributed by atoms with Gasteiger partial charge in [0, 0.05) is 27.5 Å². The average molecular weight is 827 g/mol. The maximum absolute atomic E-state index is 6.28. The Hall–Kier alpha value is -8.66. The predicted octanol–water partition coefficient (Wildman–Crippen LogP) is 17.0. The van der Waals surface area contributed by atoms with Gasteiger partial charge in [-0.25, -0.2) is 9.97 Å². The van der Waals surface area contributed by atoms with Crippen LogP contribution in [0.3, 0.4) is 0 Å². The van der Waals surface area contributed by atoms with Gasteiger partial charge in [0.15, 0.2) is 5.82 Å². The van der Waals surface area contributed by atoms with Gasteiger partial charge < -0.3 is 4.42 Å². The minimum atomic E-state index is 0.683. The zero-order valence-electron chi connectivity index (χ0n) is 35.2. The molecule has 0 amide bonds. The number of hydrogen-bond acceptors (Lipinski definition) is 3. The van der Waals surface area contributed by atoms with E-state index in [-0.39, 0.29) is 0 Å². The molecule has 0 atom stereocenters. The maximum Gasteiger partial charge on any atom is 0.160 e. The van der Waals surface area contributed by atoms with Crippen molar-refractivity contribution in [3.05, 3.63) is 231 Å². The molecule has 13 rings (SSSR count). The number of para-hydroxylation sites is 1. The monoisotopic (exact) mass is 826 g/mol. The van der Waals surface area contributed by atoms with E-state index in [2.05, 4.69) is 194 Å². The first kappa shape index (κ1) is 36.9. The summed E-state index contributed by atoms with van der Waals surface area (Å²) in [5, 5.41) is 12.1. The van der Waals surface area contributed by atoms with Crippen molar-refractivity contribution in [2.75, 3.05) is 0 Å². The van der Waals surface area contributed by atoms with Crippen LogP contribution < -0.4 is 0 Å². The summed E-state index contributed by atoms with van der Waals surface area (Å²) < 4.78 is 6.28. The van der Waals surface area contributed by atoms with Gasteiger partial charge in [-0.15, -0.1) is 0 Å². The molecule has 2 heterocycles. The molecular formula is C62H38N2O. The molecule has 3 heteroatoms. The molecule has 0 N–H and O–H groups in total. The van der Waals surface area contributed by atoms with Crippen molar-refractivity contribution in [3.63, 3.8) is 0 Å². The standard InChI is InChI=1S/C62H38N2O/c1-3-14-41(15-4-1)59-52-20-9-10-21-53(52)60(61-49-18-8-7-13-40(49)31-34-54(59)61)42-25-23-39(24-26-42)44-27-28-46-36-47(30-29-45(46)35-44)55-38-56(64-62(63-55)43-16-5-2-6-17-43)48-32-33-51-50-19-11-12-22-57(50)65-58(51)37-48/h1-38H. The van der Waals surface area contributed by atoms with E-state index in [1.807, 2.05) is 36.4 Å². The van der Waals surface area contributed by atoms with Crippen molar-refractivity contribution in [2.24, 2.45) is 0 Å². The number of rotatable bonds is 6. The van der Waals surface area contributed by atoms with Crippen LogP contribution in [0.2, 0.25) is 0 Å². The summed E-state index contributed by atoms with van der Waals surface area (Å²) in [7, 11) is 0. The van der Waals surface area contributed by atoms with E-state index in [0.717, 1.165) is 55.4 Å². The van der Waals surface area contributed by atoms with Crippen LogP contribution in [-0.2, 0) is 0 Å². The van der Waals surface area contributed by atoms with Crippen LogP contribution in [0.25, 0.3) is 132 Å². The SMILES string of the molecule is c1ccc(-c2nc(-c3ccc4cc(-c5ccc(-c6c7ccccc7c(-c7ccccc7)c7ccc8ccccc8c67)cc5)ccc4c3)cc(-c3ccc4c(c3)oc3ccccc34)n2)cc1. The normalized spacial score (nSPS) is 11.7. The van der Waals surface area contributed by atoms with E-state index in [9.17, 15) is 0 Å². The number of benzene rings is 11. The molecule has 65 heavy (non-hydrogen) atoms. The second kappa shape index (κ2) is 15.0. The molecule has 0 aliphatic rings. The van der Waals surface area contributed by atoms with Crippen LogP contribution in [0, 0.1) is 0 Å². The molecule has 0 aliphatic carbocycles. The largest absolute Gasteiger partial charge is 0.456 e. The van der Waals surface area contributed by atoms with Crippen LogP contribution in [-0.4, -0.2) is 9.97 Å². The molecule has 2 aromatic heterocycles. The van der Waals surface area contributed by atoms with Crippen molar-refractivity contribution >= 4 is 65.0 Å². The number of furan rings is 1. The highest BCUT2D eigenvalue weighted by molar-refractivity contribution is 6.28. The van der Waals surface area contributed by atoms with Gasteiger partial charge in [-0.05, 0) is 113 Å². The average Bonchev–Trinajstić information content (AvgIpc) is 3.76. The van der Waals surface area contributed by atoms with Crippen LogP contribution in [0.4, 0.5) is 0 Å². The van der Waals surface area contributed by atoms with Gasteiger partial charge in [-0.3, -0.25) is 0 Å². The highest BCUT2D eigenvalue weighted by Crippen LogP contribution is 2.46. The third kappa shape index (κ3) is 6.28. The van der Waals surface area contributed by atoms with Gasteiger partial charge in [0.05, 0.1) is 11.4 Å². The molecular weight excluding hydrogens is 789 g/mol. The minimum Gasteiger partial charge on any atom is -0.456 e. The van der Waals surface area contributed by atoms with Gasteiger partial charge >= 0.3 is 0 Å². The van der Waals surface area contributed by atoms with Gasteiger partial charge in [0.2, 0.25) is 0 Å². The highest BCUT2D eigenvalue weighted by atomic mass is 16.3. The summed E-state index contributed by atoms with van der Waals surface area (Å²) in [5.74, 6) is 0.683. The molecule has 0 aliphatic heterocycles. The fourth-order valence-electron chi connectivity index (χ4n) is 9.92. The van der Waals surface area contributed by atoms with Crippen molar-refractivity contribution < 1.29 is 4.42 Å². The lowest BCUT2D eigenvalue weighted by atomic mass is 9.84. The molecule has 0 saturated carbocycles. The van der Waals surface area contributed by atoms with Crippen molar-refractivity contribution in [1.29, 1.82) is 0 Å². The molecule has 0 unspecified atom stereocenters. The Kier molecular flexibility index (Phi) is 8.53. The summed E-state index contributed by atoms with van der Waals surface area (Å²) in [6.45, 7) is 0. The number of nitrogens with zero attached hydrogens (tertiary/aromatic N) is 2. The van der Waals surface area contributed by atoms with Gasteiger partial charge in [-0.1, -0.05) is 194 Å². The molecule has 0 spiro atoms. The molecule has 0 radical (unpaired) electrons. The molecule has 0 bridgehead atoms. The topological polar surface area (TPSA) is 38.9 Å². The molecule has 0 fully saturated rings. The smallest absolute Gasteiger partial charge is 0.160 e. The third-order valence-corrected chi connectivity index (χ3v) is 13.1. The lowest BCUT2D eigenvalue weighted by molar-refractivity contribution is 0.669. The van der Waals surface area contributed by atoms with Crippen LogP contribution in [0.5, 0.6) is 0 Å². The molecule has 0 saturated heterocycles. The van der Waals surface area contributed by atoms with Gasteiger partial charge in [0.25, 0.3) is 0 Å². The Labute approximate surface area is 375 Å².